The molecule has 4 heteroatoms. The lowest BCUT2D eigenvalue weighted by Gasteiger charge is -2.24. The fraction of sp³-hybridized carbons (Fsp3) is 0.571. The molecule has 0 aliphatic carbocycles. The van der Waals surface area contributed by atoms with Crippen molar-refractivity contribution in [2.24, 2.45) is 5.92 Å². The summed E-state index contributed by atoms with van der Waals surface area (Å²) in [5, 5.41) is 9.96. The van der Waals surface area contributed by atoms with Gasteiger partial charge in [0.2, 0.25) is 0 Å². The van der Waals surface area contributed by atoms with Crippen molar-refractivity contribution in [3.63, 3.8) is 0 Å². The molecule has 0 bridgehead atoms. The standard InChI is InChI=1S/C14H18F2O2/c15-13-2-1-11(9-14(13)16)8-12(17)7-10-3-5-18-6-4-10/h1-2,9-10,12,17H,3-8H2. The van der Waals surface area contributed by atoms with Crippen molar-refractivity contribution in [3.05, 3.63) is 35.4 Å². The van der Waals surface area contributed by atoms with Gasteiger partial charge in [-0.1, -0.05) is 6.07 Å². The molecule has 0 saturated carbocycles. The molecule has 2 nitrogen and oxygen atoms in total. The maximum atomic E-state index is 13.0. The highest BCUT2D eigenvalue weighted by Crippen LogP contribution is 2.22. The van der Waals surface area contributed by atoms with E-state index in [4.69, 9.17) is 4.74 Å². The van der Waals surface area contributed by atoms with Gasteiger partial charge in [-0.2, -0.15) is 0 Å². The highest BCUT2D eigenvalue weighted by atomic mass is 19.2. The van der Waals surface area contributed by atoms with Gasteiger partial charge in [0.05, 0.1) is 6.10 Å². The fourth-order valence-corrected chi connectivity index (χ4v) is 2.39. The topological polar surface area (TPSA) is 29.5 Å². The van der Waals surface area contributed by atoms with E-state index < -0.39 is 17.7 Å². The minimum Gasteiger partial charge on any atom is -0.393 e. The van der Waals surface area contributed by atoms with Gasteiger partial charge in [0.25, 0.3) is 0 Å². The molecule has 1 atom stereocenters. The lowest BCUT2D eigenvalue weighted by molar-refractivity contribution is 0.0439. The van der Waals surface area contributed by atoms with Crippen LogP contribution in [0.4, 0.5) is 8.78 Å². The quantitative estimate of drug-likeness (QED) is 0.897. The van der Waals surface area contributed by atoms with Gasteiger partial charge < -0.3 is 9.84 Å². The van der Waals surface area contributed by atoms with Crippen molar-refractivity contribution < 1.29 is 18.6 Å². The molecule has 1 heterocycles. The minimum absolute atomic E-state index is 0.370. The molecule has 1 N–H and O–H groups in total. The van der Waals surface area contributed by atoms with Crippen LogP contribution in [-0.2, 0) is 11.2 Å². The van der Waals surface area contributed by atoms with E-state index in [1.807, 2.05) is 0 Å². The zero-order valence-corrected chi connectivity index (χ0v) is 10.2. The summed E-state index contributed by atoms with van der Waals surface area (Å²) in [6.45, 7) is 1.51. The molecular formula is C14H18F2O2. The van der Waals surface area contributed by atoms with Crippen molar-refractivity contribution in [1.29, 1.82) is 0 Å². The molecule has 1 aromatic carbocycles. The molecule has 2 rings (SSSR count). The maximum absolute atomic E-state index is 13.0. The van der Waals surface area contributed by atoms with E-state index in [2.05, 4.69) is 0 Å². The third-order valence-electron chi connectivity index (χ3n) is 3.40. The molecule has 0 aromatic heterocycles. The number of hydrogen-bond acceptors (Lipinski definition) is 2. The first-order valence-electron chi connectivity index (χ1n) is 6.35. The zero-order chi connectivity index (χ0) is 13.0. The lowest BCUT2D eigenvalue weighted by Crippen LogP contribution is -2.22. The van der Waals surface area contributed by atoms with E-state index in [0.717, 1.165) is 38.2 Å². The molecule has 18 heavy (non-hydrogen) atoms. The van der Waals surface area contributed by atoms with Gasteiger partial charge in [-0.05, 0) is 49.3 Å². The SMILES string of the molecule is OC(Cc1ccc(F)c(F)c1)CC1CCOCC1. The Hall–Kier alpha value is -1.00. The predicted octanol–water partition coefficient (Wildman–Crippen LogP) is 2.68. The fourth-order valence-electron chi connectivity index (χ4n) is 2.39. The second-order valence-corrected chi connectivity index (χ2v) is 4.90. The van der Waals surface area contributed by atoms with Gasteiger partial charge in [0.15, 0.2) is 11.6 Å². The Bertz CT molecular complexity index is 389. The van der Waals surface area contributed by atoms with E-state index in [1.165, 1.54) is 6.07 Å². The molecule has 1 fully saturated rings. The summed E-state index contributed by atoms with van der Waals surface area (Å²) >= 11 is 0. The van der Waals surface area contributed by atoms with Gasteiger partial charge in [0.1, 0.15) is 0 Å². The number of aliphatic hydroxyl groups is 1. The smallest absolute Gasteiger partial charge is 0.159 e. The van der Waals surface area contributed by atoms with E-state index in [1.54, 1.807) is 0 Å². The summed E-state index contributed by atoms with van der Waals surface area (Å²) in [5.41, 5.74) is 0.633. The van der Waals surface area contributed by atoms with Crippen LogP contribution in [0.5, 0.6) is 0 Å². The first kappa shape index (κ1) is 13.4. The molecule has 100 valence electrons. The number of rotatable bonds is 4. The van der Waals surface area contributed by atoms with Crippen molar-refractivity contribution in [1.82, 2.24) is 0 Å². The van der Waals surface area contributed by atoms with Crippen LogP contribution in [0.3, 0.4) is 0 Å². The van der Waals surface area contributed by atoms with Gasteiger partial charge >= 0.3 is 0 Å². The van der Waals surface area contributed by atoms with Crippen LogP contribution < -0.4 is 0 Å². The normalized spacial score (nSPS) is 18.8. The van der Waals surface area contributed by atoms with Crippen LogP contribution >= 0.6 is 0 Å². The van der Waals surface area contributed by atoms with E-state index >= 15 is 0 Å². The third kappa shape index (κ3) is 3.75. The predicted molar refractivity (Wildman–Crippen MR) is 64.2 cm³/mol. The Morgan fingerprint density at radius 2 is 1.94 bits per heavy atom. The van der Waals surface area contributed by atoms with Crippen LogP contribution in [0.2, 0.25) is 0 Å². The maximum Gasteiger partial charge on any atom is 0.159 e. The zero-order valence-electron chi connectivity index (χ0n) is 10.2. The molecule has 1 aromatic rings. The van der Waals surface area contributed by atoms with E-state index in [-0.39, 0.29) is 0 Å². The van der Waals surface area contributed by atoms with Crippen LogP contribution in [-0.4, -0.2) is 24.4 Å². The summed E-state index contributed by atoms with van der Waals surface area (Å²) in [5.74, 6) is -1.23. The number of halogens is 2. The van der Waals surface area contributed by atoms with E-state index in [0.29, 0.717) is 24.3 Å². The Kier molecular flexibility index (Phi) is 4.66. The van der Waals surface area contributed by atoms with Crippen molar-refractivity contribution in [3.8, 4) is 0 Å². The van der Waals surface area contributed by atoms with Crippen LogP contribution in [0.15, 0.2) is 18.2 Å². The molecule has 1 aliphatic rings. The summed E-state index contributed by atoms with van der Waals surface area (Å²) < 4.78 is 31.0. The van der Waals surface area contributed by atoms with Crippen molar-refractivity contribution in [2.45, 2.75) is 31.8 Å². The number of aliphatic hydroxyl groups excluding tert-OH is 1. The highest BCUT2D eigenvalue weighted by molar-refractivity contribution is 5.18. The summed E-state index contributed by atoms with van der Waals surface area (Å²) in [7, 11) is 0. The lowest BCUT2D eigenvalue weighted by atomic mass is 9.91. The monoisotopic (exact) mass is 256 g/mol. The van der Waals surface area contributed by atoms with E-state index in [9.17, 15) is 13.9 Å². The average Bonchev–Trinajstić information content (AvgIpc) is 2.35. The number of benzene rings is 1. The average molecular weight is 256 g/mol. The van der Waals surface area contributed by atoms with Gasteiger partial charge in [-0.3, -0.25) is 0 Å². The van der Waals surface area contributed by atoms with Gasteiger partial charge in [-0.15, -0.1) is 0 Å². The summed E-state index contributed by atoms with van der Waals surface area (Å²) in [4.78, 5) is 0. The highest BCUT2D eigenvalue weighted by Gasteiger charge is 2.18. The van der Waals surface area contributed by atoms with Crippen LogP contribution in [0.25, 0.3) is 0 Å². The Morgan fingerprint density at radius 3 is 2.61 bits per heavy atom. The molecule has 0 radical (unpaired) electrons. The second-order valence-electron chi connectivity index (χ2n) is 4.90. The summed E-state index contributed by atoms with van der Waals surface area (Å²) in [6.07, 6.45) is 2.50. The number of hydrogen-bond donors (Lipinski definition) is 1. The van der Waals surface area contributed by atoms with Crippen LogP contribution in [0, 0.1) is 17.6 Å². The summed E-state index contributed by atoms with van der Waals surface area (Å²) in [6, 6.07) is 3.78. The Morgan fingerprint density at radius 1 is 1.22 bits per heavy atom. The molecular weight excluding hydrogens is 238 g/mol. The Balaban J connectivity index is 1.85. The minimum atomic E-state index is -0.856. The molecule has 1 saturated heterocycles. The third-order valence-corrected chi connectivity index (χ3v) is 3.40. The molecule has 1 aliphatic heterocycles. The first-order valence-corrected chi connectivity index (χ1v) is 6.35. The molecule has 0 spiro atoms. The van der Waals surface area contributed by atoms with Gasteiger partial charge in [-0.25, -0.2) is 8.78 Å². The number of ether oxygens (including phenoxy) is 1. The first-order chi connectivity index (χ1) is 8.65. The largest absolute Gasteiger partial charge is 0.393 e. The van der Waals surface area contributed by atoms with Crippen molar-refractivity contribution >= 4 is 0 Å². The van der Waals surface area contributed by atoms with Gasteiger partial charge in [0, 0.05) is 13.2 Å². The van der Waals surface area contributed by atoms with Crippen LogP contribution in [0.1, 0.15) is 24.8 Å². The Labute approximate surface area is 106 Å². The molecule has 1 unspecified atom stereocenters. The molecule has 0 amide bonds. The second kappa shape index (κ2) is 6.25. The van der Waals surface area contributed by atoms with Crippen molar-refractivity contribution in [2.75, 3.05) is 13.2 Å².